The van der Waals surface area contributed by atoms with Crippen LogP contribution in [-0.4, -0.2) is 28.5 Å². The van der Waals surface area contributed by atoms with Crippen LogP contribution in [0.25, 0.3) is 0 Å². The lowest BCUT2D eigenvalue weighted by Crippen LogP contribution is -2.40. The Morgan fingerprint density at radius 1 is 1.17 bits per heavy atom. The summed E-state index contributed by atoms with van der Waals surface area (Å²) in [7, 11) is 0. The molecule has 2 fully saturated rings. The zero-order chi connectivity index (χ0) is 17.5. The van der Waals surface area contributed by atoms with Crippen LogP contribution in [0.15, 0.2) is 6.07 Å². The van der Waals surface area contributed by atoms with E-state index >= 15 is 0 Å². The summed E-state index contributed by atoms with van der Waals surface area (Å²) in [6, 6.07) is 1.61. The Hall–Kier alpha value is -1.04. The molecule has 1 saturated carbocycles. The highest BCUT2D eigenvalue weighted by Crippen LogP contribution is 2.46. The van der Waals surface area contributed by atoms with Gasteiger partial charge in [0.1, 0.15) is 11.9 Å². The predicted octanol–water partition coefficient (Wildman–Crippen LogP) is 3.44. The van der Waals surface area contributed by atoms with Crippen molar-refractivity contribution in [3.8, 4) is 0 Å². The standard InChI is InChI=1S/C19H31N3O2/c1-12-10-13(2)22-17(21-12)16(20)15-11-23-19(24-15)8-6-14(7-9-19)18(3,4)5/h10,14-16H,6-9,11,20H2,1-5H3. The van der Waals surface area contributed by atoms with Crippen LogP contribution in [0.2, 0.25) is 0 Å². The number of aryl methyl sites for hydroxylation is 2. The summed E-state index contributed by atoms with van der Waals surface area (Å²) in [6.45, 7) is 11.4. The van der Waals surface area contributed by atoms with Crippen LogP contribution >= 0.6 is 0 Å². The predicted molar refractivity (Wildman–Crippen MR) is 93.4 cm³/mol. The molecule has 1 aromatic heterocycles. The Kier molecular flexibility index (Phi) is 4.71. The van der Waals surface area contributed by atoms with E-state index in [1.165, 1.54) is 0 Å². The first-order chi connectivity index (χ1) is 11.2. The van der Waals surface area contributed by atoms with E-state index in [0.717, 1.165) is 43.0 Å². The quantitative estimate of drug-likeness (QED) is 0.898. The third-order valence-corrected chi connectivity index (χ3v) is 5.55. The Bertz CT molecular complexity index is 569. The zero-order valence-electron chi connectivity index (χ0n) is 15.6. The fraction of sp³-hybridized carbons (Fsp3) is 0.789. The molecule has 134 valence electrons. The van der Waals surface area contributed by atoms with Gasteiger partial charge in [0.05, 0.1) is 12.6 Å². The molecule has 2 N–H and O–H groups in total. The van der Waals surface area contributed by atoms with E-state index in [4.69, 9.17) is 15.2 Å². The number of hydrogen-bond donors (Lipinski definition) is 1. The molecular formula is C19H31N3O2. The van der Waals surface area contributed by atoms with Crippen molar-refractivity contribution in [2.75, 3.05) is 6.61 Å². The summed E-state index contributed by atoms with van der Waals surface area (Å²) in [5, 5.41) is 0. The highest BCUT2D eigenvalue weighted by atomic mass is 16.7. The summed E-state index contributed by atoms with van der Waals surface area (Å²) >= 11 is 0. The highest BCUT2D eigenvalue weighted by Gasteiger charge is 2.47. The molecule has 0 bridgehead atoms. The Labute approximate surface area is 145 Å². The first-order valence-corrected chi connectivity index (χ1v) is 9.08. The summed E-state index contributed by atoms with van der Waals surface area (Å²) in [5.74, 6) is 0.940. The van der Waals surface area contributed by atoms with Crippen LogP contribution in [0.4, 0.5) is 0 Å². The van der Waals surface area contributed by atoms with Crippen molar-refractivity contribution in [2.45, 2.75) is 78.2 Å². The van der Waals surface area contributed by atoms with Gasteiger partial charge < -0.3 is 15.2 Å². The molecule has 3 rings (SSSR count). The number of hydrogen-bond acceptors (Lipinski definition) is 5. The third kappa shape index (κ3) is 3.63. The van der Waals surface area contributed by atoms with Gasteiger partial charge in [0, 0.05) is 24.2 Å². The second-order valence-corrected chi connectivity index (χ2v) is 8.55. The number of nitrogens with zero attached hydrogens (tertiary/aromatic N) is 2. The van der Waals surface area contributed by atoms with Gasteiger partial charge in [-0.2, -0.15) is 0 Å². The van der Waals surface area contributed by atoms with E-state index in [1.54, 1.807) is 0 Å². The SMILES string of the molecule is Cc1cc(C)nc(C(N)C2COC3(CCC(C(C)(C)C)CC3)O2)n1. The number of ether oxygens (including phenoxy) is 2. The molecule has 1 aliphatic heterocycles. The summed E-state index contributed by atoms with van der Waals surface area (Å²) in [5.41, 5.74) is 8.62. The lowest BCUT2D eigenvalue weighted by molar-refractivity contribution is -0.198. The van der Waals surface area contributed by atoms with E-state index in [9.17, 15) is 0 Å². The average molecular weight is 333 g/mol. The summed E-state index contributed by atoms with van der Waals surface area (Å²) in [4.78, 5) is 8.97. The van der Waals surface area contributed by atoms with Crippen molar-refractivity contribution in [2.24, 2.45) is 17.1 Å². The third-order valence-electron chi connectivity index (χ3n) is 5.55. The van der Waals surface area contributed by atoms with Crippen LogP contribution in [-0.2, 0) is 9.47 Å². The fourth-order valence-electron chi connectivity index (χ4n) is 4.01. The van der Waals surface area contributed by atoms with Gasteiger partial charge in [-0.15, -0.1) is 0 Å². The molecular weight excluding hydrogens is 302 g/mol. The maximum atomic E-state index is 6.39. The minimum Gasteiger partial charge on any atom is -0.347 e. The molecule has 0 aromatic carbocycles. The van der Waals surface area contributed by atoms with Crippen LogP contribution < -0.4 is 5.73 Å². The van der Waals surface area contributed by atoms with E-state index in [1.807, 2.05) is 19.9 Å². The minimum atomic E-state index is -0.442. The van der Waals surface area contributed by atoms with Crippen molar-refractivity contribution in [3.63, 3.8) is 0 Å². The molecule has 5 nitrogen and oxygen atoms in total. The summed E-state index contributed by atoms with van der Waals surface area (Å²) in [6.07, 6.45) is 4.02. The highest BCUT2D eigenvalue weighted by molar-refractivity contribution is 5.11. The molecule has 2 unspecified atom stereocenters. The Morgan fingerprint density at radius 2 is 1.75 bits per heavy atom. The lowest BCUT2D eigenvalue weighted by atomic mass is 9.71. The maximum Gasteiger partial charge on any atom is 0.169 e. The normalized spacial score (nSPS) is 32.2. The van der Waals surface area contributed by atoms with Crippen molar-refractivity contribution in [1.29, 1.82) is 0 Å². The summed E-state index contributed by atoms with van der Waals surface area (Å²) < 4.78 is 12.4. The second-order valence-electron chi connectivity index (χ2n) is 8.55. The largest absolute Gasteiger partial charge is 0.347 e. The number of aromatic nitrogens is 2. The zero-order valence-corrected chi connectivity index (χ0v) is 15.6. The molecule has 1 aromatic rings. The van der Waals surface area contributed by atoms with E-state index in [-0.39, 0.29) is 12.1 Å². The van der Waals surface area contributed by atoms with Crippen LogP contribution in [0, 0.1) is 25.2 Å². The molecule has 1 aliphatic carbocycles. The minimum absolute atomic E-state index is 0.169. The molecule has 1 spiro atoms. The van der Waals surface area contributed by atoms with Crippen molar-refractivity contribution < 1.29 is 9.47 Å². The van der Waals surface area contributed by atoms with Gasteiger partial charge in [0.15, 0.2) is 5.79 Å². The Balaban J connectivity index is 1.65. The molecule has 24 heavy (non-hydrogen) atoms. The lowest BCUT2D eigenvalue weighted by Gasteiger charge is -2.41. The van der Waals surface area contributed by atoms with Gasteiger partial charge in [0.2, 0.25) is 0 Å². The molecule has 5 heteroatoms. The van der Waals surface area contributed by atoms with Crippen molar-refractivity contribution >= 4 is 0 Å². The van der Waals surface area contributed by atoms with Gasteiger partial charge in [0.25, 0.3) is 0 Å². The van der Waals surface area contributed by atoms with Crippen LogP contribution in [0.3, 0.4) is 0 Å². The molecule has 0 amide bonds. The van der Waals surface area contributed by atoms with E-state index < -0.39 is 5.79 Å². The first kappa shape index (κ1) is 17.8. The molecule has 2 heterocycles. The van der Waals surface area contributed by atoms with Crippen molar-refractivity contribution in [3.05, 3.63) is 23.3 Å². The maximum absolute atomic E-state index is 6.39. The van der Waals surface area contributed by atoms with Gasteiger partial charge in [-0.1, -0.05) is 20.8 Å². The molecule has 1 saturated heterocycles. The number of nitrogens with two attached hydrogens (primary N) is 1. The van der Waals surface area contributed by atoms with Gasteiger partial charge in [-0.25, -0.2) is 9.97 Å². The van der Waals surface area contributed by atoms with E-state index in [0.29, 0.717) is 17.8 Å². The van der Waals surface area contributed by atoms with Gasteiger partial charge in [-0.05, 0) is 44.1 Å². The van der Waals surface area contributed by atoms with Crippen LogP contribution in [0.5, 0.6) is 0 Å². The van der Waals surface area contributed by atoms with E-state index in [2.05, 4.69) is 30.7 Å². The molecule has 2 atom stereocenters. The number of rotatable bonds is 2. The van der Waals surface area contributed by atoms with Crippen molar-refractivity contribution in [1.82, 2.24) is 9.97 Å². The smallest absolute Gasteiger partial charge is 0.169 e. The average Bonchev–Trinajstić information content (AvgIpc) is 2.89. The molecule has 0 radical (unpaired) electrons. The molecule has 2 aliphatic rings. The Morgan fingerprint density at radius 3 is 2.29 bits per heavy atom. The fourth-order valence-corrected chi connectivity index (χ4v) is 4.01. The topological polar surface area (TPSA) is 70.3 Å². The first-order valence-electron chi connectivity index (χ1n) is 9.08. The van der Waals surface area contributed by atoms with Crippen LogP contribution in [0.1, 0.15) is 69.7 Å². The van der Waals surface area contributed by atoms with Gasteiger partial charge in [-0.3, -0.25) is 0 Å². The van der Waals surface area contributed by atoms with Gasteiger partial charge >= 0.3 is 0 Å². The second kappa shape index (κ2) is 6.36. The monoisotopic (exact) mass is 333 g/mol.